The molecule has 1 aromatic heterocycles. The Morgan fingerprint density at radius 1 is 1.26 bits per heavy atom. The number of nitrogens with two attached hydrogens (primary N) is 1. The predicted octanol–water partition coefficient (Wildman–Crippen LogP) is 1.43. The Kier molecular flexibility index (Phi) is 6.24. The standard InChI is InChI=1S/C19H25BrN6O4S/c1-24-5-4-14(11-24)31(28,29)26-8-6-25(7-9-26)13-2-3-15(20)16(10-13)22-18(27)17-12-30-19(21)23-17/h2-3,10,12,14H,4-9,11H2,1H3,(H2,21,23)(H,22,27). The Hall–Kier alpha value is -2.15. The second-order valence-corrected chi connectivity index (χ2v) is 10.9. The normalized spacial score (nSPS) is 20.8. The summed E-state index contributed by atoms with van der Waals surface area (Å²) >= 11 is 3.45. The monoisotopic (exact) mass is 512 g/mol. The lowest BCUT2D eigenvalue weighted by Crippen LogP contribution is -2.51. The SMILES string of the molecule is CN1CCC(S(=O)(=O)N2CCN(c3ccc(Br)c(NC(=O)c4coc(N)n4)c3)CC2)C1. The number of hydrogen-bond donors (Lipinski definition) is 2. The maximum Gasteiger partial charge on any atom is 0.292 e. The van der Waals surface area contributed by atoms with Crippen molar-refractivity contribution in [1.29, 1.82) is 0 Å². The molecule has 12 heteroatoms. The van der Waals surface area contributed by atoms with Gasteiger partial charge in [-0.2, -0.15) is 9.29 Å². The molecule has 4 rings (SSSR count). The number of carbonyl (C=O) groups is 1. The van der Waals surface area contributed by atoms with Crippen molar-refractivity contribution in [3.05, 3.63) is 34.6 Å². The number of oxazole rings is 1. The van der Waals surface area contributed by atoms with Gasteiger partial charge < -0.3 is 25.3 Å². The molecule has 2 aliphatic heterocycles. The maximum absolute atomic E-state index is 12.9. The van der Waals surface area contributed by atoms with Crippen molar-refractivity contribution in [2.75, 3.05) is 62.3 Å². The molecule has 1 aromatic carbocycles. The molecule has 31 heavy (non-hydrogen) atoms. The van der Waals surface area contributed by atoms with Crippen molar-refractivity contribution < 1.29 is 17.6 Å². The highest BCUT2D eigenvalue weighted by atomic mass is 79.9. The lowest BCUT2D eigenvalue weighted by molar-refractivity contribution is 0.102. The Bertz CT molecular complexity index is 1070. The smallest absolute Gasteiger partial charge is 0.292 e. The molecule has 2 aliphatic rings. The zero-order valence-electron chi connectivity index (χ0n) is 17.1. The fourth-order valence-electron chi connectivity index (χ4n) is 3.93. The van der Waals surface area contributed by atoms with Crippen LogP contribution in [0, 0.1) is 0 Å². The molecule has 1 atom stereocenters. The average Bonchev–Trinajstić information content (AvgIpc) is 3.38. The minimum absolute atomic E-state index is 0.0740. The van der Waals surface area contributed by atoms with E-state index in [1.807, 2.05) is 25.2 Å². The summed E-state index contributed by atoms with van der Waals surface area (Å²) in [7, 11) is -1.33. The van der Waals surface area contributed by atoms with Crippen molar-refractivity contribution in [2.24, 2.45) is 0 Å². The number of sulfonamides is 1. The van der Waals surface area contributed by atoms with Gasteiger partial charge in [0.05, 0.1) is 10.9 Å². The van der Waals surface area contributed by atoms with Gasteiger partial charge in [-0.15, -0.1) is 0 Å². The highest BCUT2D eigenvalue weighted by Gasteiger charge is 2.37. The number of likely N-dealkylation sites (tertiary alicyclic amines) is 1. The molecule has 3 heterocycles. The Morgan fingerprint density at radius 3 is 2.61 bits per heavy atom. The third-order valence-electron chi connectivity index (χ3n) is 5.69. The molecule has 1 amide bonds. The van der Waals surface area contributed by atoms with E-state index < -0.39 is 15.9 Å². The summed E-state index contributed by atoms with van der Waals surface area (Å²) in [5.74, 6) is -0.434. The number of hydrogen-bond acceptors (Lipinski definition) is 8. The zero-order chi connectivity index (χ0) is 22.2. The summed E-state index contributed by atoms with van der Waals surface area (Å²) in [5.41, 5.74) is 6.99. The van der Waals surface area contributed by atoms with E-state index in [1.54, 1.807) is 4.31 Å². The van der Waals surface area contributed by atoms with E-state index >= 15 is 0 Å². The van der Waals surface area contributed by atoms with Gasteiger partial charge in [-0.1, -0.05) is 0 Å². The van der Waals surface area contributed by atoms with E-state index in [0.29, 0.717) is 49.3 Å². The minimum Gasteiger partial charge on any atom is -0.431 e. The molecule has 2 aromatic rings. The number of amides is 1. The van der Waals surface area contributed by atoms with Gasteiger partial charge in [0, 0.05) is 42.9 Å². The molecule has 0 saturated carbocycles. The van der Waals surface area contributed by atoms with Gasteiger partial charge in [-0.05, 0) is 54.1 Å². The number of halogens is 1. The van der Waals surface area contributed by atoms with Gasteiger partial charge in [0.25, 0.3) is 11.9 Å². The molecule has 168 valence electrons. The Morgan fingerprint density at radius 2 is 2.00 bits per heavy atom. The first-order chi connectivity index (χ1) is 14.7. The van der Waals surface area contributed by atoms with E-state index in [2.05, 4.69) is 36.0 Å². The van der Waals surface area contributed by atoms with Crippen molar-refractivity contribution >= 4 is 49.2 Å². The van der Waals surface area contributed by atoms with Crippen LogP contribution in [0.2, 0.25) is 0 Å². The van der Waals surface area contributed by atoms with Crippen LogP contribution in [0.15, 0.2) is 33.4 Å². The molecule has 0 radical (unpaired) electrons. The molecule has 0 spiro atoms. The minimum atomic E-state index is -3.29. The van der Waals surface area contributed by atoms with Crippen LogP contribution in [0.25, 0.3) is 0 Å². The second-order valence-electron chi connectivity index (χ2n) is 7.79. The van der Waals surface area contributed by atoms with Crippen LogP contribution in [-0.2, 0) is 10.0 Å². The van der Waals surface area contributed by atoms with Crippen LogP contribution >= 0.6 is 15.9 Å². The average molecular weight is 513 g/mol. The van der Waals surface area contributed by atoms with Gasteiger partial charge in [0.1, 0.15) is 6.26 Å². The number of nitrogen functional groups attached to an aromatic ring is 1. The molecule has 3 N–H and O–H groups in total. The number of rotatable bonds is 5. The topological polar surface area (TPSA) is 125 Å². The van der Waals surface area contributed by atoms with E-state index in [0.717, 1.165) is 12.2 Å². The Labute approximate surface area is 189 Å². The third kappa shape index (κ3) is 4.71. The van der Waals surface area contributed by atoms with E-state index in [9.17, 15) is 13.2 Å². The highest BCUT2D eigenvalue weighted by Crippen LogP contribution is 2.30. The van der Waals surface area contributed by atoms with Crippen LogP contribution < -0.4 is 16.0 Å². The van der Waals surface area contributed by atoms with Crippen LogP contribution in [0.5, 0.6) is 0 Å². The van der Waals surface area contributed by atoms with E-state index in [1.165, 1.54) is 6.26 Å². The number of benzene rings is 1. The summed E-state index contributed by atoms with van der Waals surface area (Å²) < 4.78 is 33.1. The van der Waals surface area contributed by atoms with Crippen molar-refractivity contribution in [3.63, 3.8) is 0 Å². The quantitative estimate of drug-likeness (QED) is 0.616. The second kappa shape index (κ2) is 8.77. The van der Waals surface area contributed by atoms with Crippen molar-refractivity contribution in [1.82, 2.24) is 14.2 Å². The van der Waals surface area contributed by atoms with E-state index in [4.69, 9.17) is 10.2 Å². The number of nitrogens with one attached hydrogen (secondary N) is 1. The molecular weight excluding hydrogens is 488 g/mol. The molecule has 2 fully saturated rings. The summed E-state index contributed by atoms with van der Waals surface area (Å²) in [4.78, 5) is 20.4. The van der Waals surface area contributed by atoms with Crippen LogP contribution in [0.3, 0.4) is 0 Å². The molecule has 1 unspecified atom stereocenters. The Balaban J connectivity index is 1.42. The summed E-state index contributed by atoms with van der Waals surface area (Å²) in [6.45, 7) is 3.46. The van der Waals surface area contributed by atoms with Gasteiger partial charge in [-0.3, -0.25) is 4.79 Å². The molecule has 0 aliphatic carbocycles. The summed E-state index contributed by atoms with van der Waals surface area (Å²) in [6, 6.07) is 5.56. The maximum atomic E-state index is 12.9. The number of piperazine rings is 1. The lowest BCUT2D eigenvalue weighted by atomic mass is 10.2. The third-order valence-corrected chi connectivity index (χ3v) is 8.69. The predicted molar refractivity (Wildman–Crippen MR) is 122 cm³/mol. The molecule has 0 bridgehead atoms. The van der Waals surface area contributed by atoms with Crippen molar-refractivity contribution in [3.8, 4) is 0 Å². The first-order valence-corrected chi connectivity index (χ1v) is 12.3. The summed E-state index contributed by atoms with van der Waals surface area (Å²) in [5, 5.41) is 2.48. The van der Waals surface area contributed by atoms with Gasteiger partial charge in [0.15, 0.2) is 5.69 Å². The molecular formula is C19H25BrN6O4S. The largest absolute Gasteiger partial charge is 0.431 e. The highest BCUT2D eigenvalue weighted by molar-refractivity contribution is 9.10. The first kappa shape index (κ1) is 22.1. The first-order valence-electron chi connectivity index (χ1n) is 9.98. The van der Waals surface area contributed by atoms with E-state index in [-0.39, 0.29) is 17.0 Å². The van der Waals surface area contributed by atoms with Gasteiger partial charge >= 0.3 is 0 Å². The fourth-order valence-corrected chi connectivity index (χ4v) is 6.22. The number of carbonyl (C=O) groups excluding carboxylic acids is 1. The van der Waals surface area contributed by atoms with Crippen molar-refractivity contribution in [2.45, 2.75) is 11.7 Å². The fraction of sp³-hybridized carbons (Fsp3) is 0.474. The van der Waals surface area contributed by atoms with Gasteiger partial charge in [-0.25, -0.2) is 8.42 Å². The lowest BCUT2D eigenvalue weighted by Gasteiger charge is -2.36. The number of aromatic nitrogens is 1. The number of anilines is 3. The van der Waals surface area contributed by atoms with Gasteiger partial charge in [0.2, 0.25) is 10.0 Å². The van der Waals surface area contributed by atoms with Crippen LogP contribution in [0.1, 0.15) is 16.9 Å². The summed E-state index contributed by atoms with van der Waals surface area (Å²) in [6.07, 6.45) is 1.89. The van der Waals surface area contributed by atoms with Crippen LogP contribution in [0.4, 0.5) is 17.4 Å². The van der Waals surface area contributed by atoms with Crippen LogP contribution in [-0.4, -0.2) is 80.1 Å². The number of nitrogens with zero attached hydrogens (tertiary/aromatic N) is 4. The molecule has 10 nitrogen and oxygen atoms in total. The zero-order valence-corrected chi connectivity index (χ0v) is 19.5. The molecule has 2 saturated heterocycles.